The van der Waals surface area contributed by atoms with Gasteiger partial charge in [-0.25, -0.2) is 4.98 Å². The van der Waals surface area contributed by atoms with E-state index in [1.54, 1.807) is 0 Å². The fourth-order valence-corrected chi connectivity index (χ4v) is 2.93. The zero-order chi connectivity index (χ0) is 15.0. The summed E-state index contributed by atoms with van der Waals surface area (Å²) in [6, 6.07) is 14.7. The van der Waals surface area contributed by atoms with Crippen LogP contribution in [0.3, 0.4) is 0 Å². The van der Waals surface area contributed by atoms with E-state index >= 15 is 0 Å². The van der Waals surface area contributed by atoms with E-state index in [0.717, 1.165) is 27.9 Å². The topological polar surface area (TPSA) is 17.8 Å². The maximum atomic E-state index is 6.32. The van der Waals surface area contributed by atoms with Gasteiger partial charge in [-0.1, -0.05) is 34.1 Å². The van der Waals surface area contributed by atoms with Crippen LogP contribution in [-0.4, -0.2) is 9.55 Å². The lowest BCUT2D eigenvalue weighted by molar-refractivity contribution is 0.742. The van der Waals surface area contributed by atoms with Crippen molar-refractivity contribution in [3.63, 3.8) is 0 Å². The van der Waals surface area contributed by atoms with Crippen molar-refractivity contribution in [2.24, 2.45) is 0 Å². The van der Waals surface area contributed by atoms with Gasteiger partial charge < -0.3 is 4.57 Å². The van der Waals surface area contributed by atoms with Gasteiger partial charge in [-0.3, -0.25) is 0 Å². The molecular formula is C17H16BrClN2. The second-order valence-electron chi connectivity index (χ2n) is 5.29. The first-order valence-electron chi connectivity index (χ1n) is 6.90. The van der Waals surface area contributed by atoms with Gasteiger partial charge in [0.15, 0.2) is 0 Å². The summed E-state index contributed by atoms with van der Waals surface area (Å²) in [7, 11) is 0. The summed E-state index contributed by atoms with van der Waals surface area (Å²) in [5, 5.41) is -0.117. The molecule has 1 aromatic heterocycles. The van der Waals surface area contributed by atoms with Gasteiger partial charge in [0, 0.05) is 11.0 Å². The quantitative estimate of drug-likeness (QED) is 0.565. The van der Waals surface area contributed by atoms with Crippen LogP contribution in [0, 0.1) is 6.92 Å². The zero-order valence-corrected chi connectivity index (χ0v) is 14.3. The molecule has 0 aliphatic carbocycles. The monoisotopic (exact) mass is 362 g/mol. The Bertz CT molecular complexity index is 775. The van der Waals surface area contributed by atoms with Crippen LogP contribution in [0.25, 0.3) is 11.0 Å². The predicted octanol–water partition coefficient (Wildman–Crippen LogP) is 5.46. The van der Waals surface area contributed by atoms with Gasteiger partial charge in [0.05, 0.1) is 16.4 Å². The summed E-state index contributed by atoms with van der Waals surface area (Å²) in [6.07, 6.45) is 0. The first-order chi connectivity index (χ1) is 10.0. The Labute approximate surface area is 137 Å². The fourth-order valence-electron chi connectivity index (χ4n) is 2.50. The van der Waals surface area contributed by atoms with E-state index in [1.807, 2.05) is 6.92 Å². The second-order valence-corrected chi connectivity index (χ2v) is 6.86. The van der Waals surface area contributed by atoms with E-state index in [9.17, 15) is 0 Å². The minimum atomic E-state index is -0.117. The normalized spacial score (nSPS) is 12.8. The molecule has 1 heterocycles. The third-order valence-electron chi connectivity index (χ3n) is 3.54. The van der Waals surface area contributed by atoms with Crippen LogP contribution in [0.4, 0.5) is 0 Å². The van der Waals surface area contributed by atoms with Gasteiger partial charge in [0.1, 0.15) is 5.82 Å². The van der Waals surface area contributed by atoms with Crippen LogP contribution in [0.15, 0.2) is 46.9 Å². The summed E-state index contributed by atoms with van der Waals surface area (Å²) in [6.45, 7) is 4.82. The van der Waals surface area contributed by atoms with Gasteiger partial charge in [0.25, 0.3) is 0 Å². The number of fused-ring (bicyclic) bond motifs is 1. The molecule has 1 atom stereocenters. The van der Waals surface area contributed by atoms with Crippen molar-refractivity contribution in [3.05, 3.63) is 63.9 Å². The van der Waals surface area contributed by atoms with E-state index in [4.69, 9.17) is 16.6 Å². The summed E-state index contributed by atoms with van der Waals surface area (Å²) in [5.41, 5.74) is 4.59. The minimum Gasteiger partial charge on any atom is -0.322 e. The largest absolute Gasteiger partial charge is 0.322 e. The van der Waals surface area contributed by atoms with Crippen LogP contribution < -0.4 is 0 Å². The van der Waals surface area contributed by atoms with Crippen molar-refractivity contribution in [1.82, 2.24) is 9.55 Å². The summed E-state index contributed by atoms with van der Waals surface area (Å²) >= 11 is 9.79. The SMILES string of the molecule is Cc1ccc2c(c1)nc(C(C)Cl)n2Cc1ccc(Br)cc1. The van der Waals surface area contributed by atoms with Gasteiger partial charge >= 0.3 is 0 Å². The second kappa shape index (κ2) is 5.82. The van der Waals surface area contributed by atoms with Crippen molar-refractivity contribution in [2.75, 3.05) is 0 Å². The molecule has 3 rings (SSSR count). The molecule has 0 fully saturated rings. The van der Waals surface area contributed by atoms with Crippen LogP contribution in [0.5, 0.6) is 0 Å². The highest BCUT2D eigenvalue weighted by Gasteiger charge is 2.15. The molecule has 0 saturated heterocycles. The lowest BCUT2D eigenvalue weighted by Gasteiger charge is -2.11. The van der Waals surface area contributed by atoms with Crippen molar-refractivity contribution in [2.45, 2.75) is 25.8 Å². The lowest BCUT2D eigenvalue weighted by Crippen LogP contribution is -2.05. The number of aryl methyl sites for hydroxylation is 1. The predicted molar refractivity (Wildman–Crippen MR) is 92.0 cm³/mol. The summed E-state index contributed by atoms with van der Waals surface area (Å²) in [5.74, 6) is 0.917. The zero-order valence-electron chi connectivity index (χ0n) is 12.0. The van der Waals surface area contributed by atoms with Crippen molar-refractivity contribution < 1.29 is 0 Å². The first-order valence-corrected chi connectivity index (χ1v) is 8.13. The Morgan fingerprint density at radius 3 is 2.57 bits per heavy atom. The third kappa shape index (κ3) is 2.99. The van der Waals surface area contributed by atoms with Gasteiger partial charge in [-0.2, -0.15) is 0 Å². The van der Waals surface area contributed by atoms with E-state index < -0.39 is 0 Å². The molecule has 0 radical (unpaired) electrons. The number of rotatable bonds is 3. The molecule has 0 saturated carbocycles. The van der Waals surface area contributed by atoms with Gasteiger partial charge in [-0.15, -0.1) is 11.6 Å². The Hall–Kier alpha value is -1.32. The molecule has 0 spiro atoms. The molecule has 1 unspecified atom stereocenters. The molecule has 0 amide bonds. The number of hydrogen-bond donors (Lipinski definition) is 0. The first kappa shape index (κ1) is 14.6. The van der Waals surface area contributed by atoms with Gasteiger partial charge in [-0.05, 0) is 49.2 Å². The molecule has 21 heavy (non-hydrogen) atoms. The molecule has 0 aliphatic heterocycles. The van der Waals surface area contributed by atoms with Crippen molar-refractivity contribution >= 4 is 38.6 Å². The molecule has 0 aliphatic rings. The molecular weight excluding hydrogens is 348 g/mol. The maximum absolute atomic E-state index is 6.32. The van der Waals surface area contributed by atoms with E-state index in [2.05, 4.69) is 69.9 Å². The van der Waals surface area contributed by atoms with Crippen LogP contribution in [-0.2, 0) is 6.54 Å². The average Bonchev–Trinajstić information content (AvgIpc) is 2.79. The van der Waals surface area contributed by atoms with E-state index in [-0.39, 0.29) is 5.38 Å². The maximum Gasteiger partial charge on any atom is 0.128 e. The number of hydrogen-bond acceptors (Lipinski definition) is 1. The molecule has 2 aromatic carbocycles. The van der Waals surface area contributed by atoms with Crippen molar-refractivity contribution in [3.8, 4) is 0 Å². The Morgan fingerprint density at radius 1 is 1.19 bits per heavy atom. The number of benzene rings is 2. The van der Waals surface area contributed by atoms with Crippen molar-refractivity contribution in [1.29, 1.82) is 0 Å². The minimum absolute atomic E-state index is 0.117. The summed E-state index contributed by atoms with van der Waals surface area (Å²) < 4.78 is 3.29. The fraction of sp³-hybridized carbons (Fsp3) is 0.235. The molecule has 0 bridgehead atoms. The summed E-state index contributed by atoms with van der Waals surface area (Å²) in [4.78, 5) is 4.71. The van der Waals surface area contributed by atoms with Crippen LogP contribution in [0.1, 0.15) is 29.3 Å². The number of alkyl halides is 1. The number of aromatic nitrogens is 2. The Kier molecular flexibility index (Phi) is 4.05. The molecule has 2 nitrogen and oxygen atoms in total. The lowest BCUT2D eigenvalue weighted by atomic mass is 10.2. The number of nitrogens with zero attached hydrogens (tertiary/aromatic N) is 2. The smallest absolute Gasteiger partial charge is 0.128 e. The average molecular weight is 364 g/mol. The Balaban J connectivity index is 2.10. The third-order valence-corrected chi connectivity index (χ3v) is 4.27. The van der Waals surface area contributed by atoms with Crippen LogP contribution >= 0.6 is 27.5 Å². The van der Waals surface area contributed by atoms with E-state index in [1.165, 1.54) is 11.1 Å². The standard InChI is InChI=1S/C17H16BrClN2/c1-11-3-8-16-15(9-11)20-17(12(2)19)21(16)10-13-4-6-14(18)7-5-13/h3-9,12H,10H2,1-2H3. The Morgan fingerprint density at radius 2 is 1.90 bits per heavy atom. The highest BCUT2D eigenvalue weighted by Crippen LogP contribution is 2.26. The highest BCUT2D eigenvalue weighted by molar-refractivity contribution is 9.10. The number of imidazole rings is 1. The molecule has 108 valence electrons. The molecule has 3 aromatic rings. The van der Waals surface area contributed by atoms with Crippen LogP contribution in [0.2, 0.25) is 0 Å². The molecule has 0 N–H and O–H groups in total. The number of halogens is 2. The molecule has 4 heteroatoms. The van der Waals surface area contributed by atoms with Gasteiger partial charge in [0.2, 0.25) is 0 Å². The highest BCUT2D eigenvalue weighted by atomic mass is 79.9. The van der Waals surface area contributed by atoms with E-state index in [0.29, 0.717) is 0 Å².